The Kier molecular flexibility index (Phi) is 6.52. The molecule has 1 aliphatic rings. The zero-order valence-corrected chi connectivity index (χ0v) is 19.8. The number of anilines is 1. The number of carbonyl (C=O) groups excluding carboxylic acids is 1. The van der Waals surface area contributed by atoms with E-state index in [0.29, 0.717) is 21.5 Å². The first-order valence-corrected chi connectivity index (χ1v) is 12.5. The molecule has 1 amide bonds. The smallest absolute Gasteiger partial charge is 0.260 e. The predicted molar refractivity (Wildman–Crippen MR) is 129 cm³/mol. The van der Waals surface area contributed by atoms with Crippen molar-refractivity contribution < 1.29 is 9.32 Å². The number of hydrogen-bond donors (Lipinski definition) is 1. The lowest BCUT2D eigenvalue weighted by Crippen LogP contribution is -2.29. The number of pyridine rings is 1. The second kappa shape index (κ2) is 9.86. The number of nitrogens with zero attached hydrogens (tertiary/aromatic N) is 4. The number of aryl methyl sites for hydroxylation is 1. The second-order valence-corrected chi connectivity index (χ2v) is 9.91. The molecule has 0 saturated heterocycles. The van der Waals surface area contributed by atoms with Gasteiger partial charge in [-0.25, -0.2) is 9.97 Å². The Balaban J connectivity index is 1.24. The molecule has 0 unspecified atom stereocenters. The van der Waals surface area contributed by atoms with Crippen LogP contribution in [0.1, 0.15) is 37.9 Å². The molecule has 0 spiro atoms. The van der Waals surface area contributed by atoms with Gasteiger partial charge in [0.1, 0.15) is 10.8 Å². The maximum absolute atomic E-state index is 13.0. The van der Waals surface area contributed by atoms with Crippen LogP contribution in [0, 0.1) is 6.92 Å². The van der Waals surface area contributed by atoms with Crippen LogP contribution in [-0.2, 0) is 25.3 Å². The molecule has 5 rings (SSSR count). The summed E-state index contributed by atoms with van der Waals surface area (Å²) in [5.74, 6) is 1.14. The van der Waals surface area contributed by atoms with Gasteiger partial charge >= 0.3 is 0 Å². The summed E-state index contributed by atoms with van der Waals surface area (Å²) in [5, 5.41) is 8.29. The van der Waals surface area contributed by atoms with Crippen molar-refractivity contribution in [2.45, 2.75) is 37.2 Å². The van der Waals surface area contributed by atoms with Gasteiger partial charge in [-0.2, -0.15) is 0 Å². The summed E-state index contributed by atoms with van der Waals surface area (Å²) in [7, 11) is 0. The summed E-state index contributed by atoms with van der Waals surface area (Å²) < 4.78 is 5.12. The van der Waals surface area contributed by atoms with E-state index in [1.165, 1.54) is 22.2 Å². The van der Waals surface area contributed by atoms with Gasteiger partial charge in [0.25, 0.3) is 5.91 Å². The van der Waals surface area contributed by atoms with Crippen molar-refractivity contribution in [3.05, 3.63) is 87.9 Å². The molecule has 1 aromatic carbocycles. The molecule has 0 bridgehead atoms. The van der Waals surface area contributed by atoms with Crippen LogP contribution in [-0.4, -0.2) is 32.5 Å². The molecule has 168 valence electrons. The van der Waals surface area contributed by atoms with Crippen LogP contribution in [0.15, 0.2) is 64.3 Å². The maximum atomic E-state index is 13.0. The first-order valence-electron chi connectivity index (χ1n) is 10.7. The number of hydrogen-bond acceptors (Lipinski definition) is 8. The molecular weight excluding hydrogens is 454 g/mol. The van der Waals surface area contributed by atoms with Crippen molar-refractivity contribution in [1.29, 1.82) is 0 Å². The van der Waals surface area contributed by atoms with Crippen LogP contribution in [0.3, 0.4) is 0 Å². The molecule has 0 radical (unpaired) electrons. The van der Waals surface area contributed by atoms with E-state index in [1.54, 1.807) is 29.7 Å². The molecule has 0 atom stereocenters. The first kappa shape index (κ1) is 21.8. The summed E-state index contributed by atoms with van der Waals surface area (Å²) in [5.41, 5.74) is 3.74. The van der Waals surface area contributed by atoms with Crippen molar-refractivity contribution in [3.63, 3.8) is 0 Å². The molecule has 0 saturated carbocycles. The van der Waals surface area contributed by atoms with E-state index in [0.717, 1.165) is 43.2 Å². The van der Waals surface area contributed by atoms with E-state index in [9.17, 15) is 4.79 Å². The predicted octanol–water partition coefficient (Wildman–Crippen LogP) is 4.94. The van der Waals surface area contributed by atoms with Crippen molar-refractivity contribution in [3.8, 4) is 0 Å². The fourth-order valence-corrected chi connectivity index (χ4v) is 5.67. The summed E-state index contributed by atoms with van der Waals surface area (Å²) in [6, 6.07) is 15.9. The maximum Gasteiger partial charge on any atom is 0.260 e. The number of amides is 1. The molecule has 0 aliphatic carbocycles. The number of thiazole rings is 1. The minimum atomic E-state index is -0.200. The van der Waals surface area contributed by atoms with E-state index < -0.39 is 0 Å². The molecule has 4 aromatic rings. The number of aromatic nitrogens is 3. The van der Waals surface area contributed by atoms with Crippen molar-refractivity contribution in [1.82, 2.24) is 20.0 Å². The summed E-state index contributed by atoms with van der Waals surface area (Å²) >= 11 is 3.02. The largest absolute Gasteiger partial charge is 0.361 e. The van der Waals surface area contributed by atoms with Gasteiger partial charge in [0, 0.05) is 48.9 Å². The zero-order valence-electron chi connectivity index (χ0n) is 18.2. The van der Waals surface area contributed by atoms with Crippen LogP contribution >= 0.6 is 23.1 Å². The fourth-order valence-electron chi connectivity index (χ4n) is 3.75. The fraction of sp³-hybridized carbons (Fsp3) is 0.250. The third-order valence-corrected chi connectivity index (χ3v) is 7.37. The quantitative estimate of drug-likeness (QED) is 0.378. The van der Waals surface area contributed by atoms with Gasteiger partial charge < -0.3 is 4.52 Å². The minimum Gasteiger partial charge on any atom is -0.361 e. The van der Waals surface area contributed by atoms with Gasteiger partial charge in [-0.15, -0.1) is 11.3 Å². The molecular formula is C24H23N5O2S2. The van der Waals surface area contributed by atoms with Gasteiger partial charge in [-0.1, -0.05) is 47.3 Å². The Morgan fingerprint density at radius 2 is 2.12 bits per heavy atom. The lowest BCUT2D eigenvalue weighted by atomic mass is 10.1. The Hall–Kier alpha value is -3.01. The highest BCUT2D eigenvalue weighted by Gasteiger charge is 2.22. The SMILES string of the molecule is Cc1cc(CSc2ncccc2C(=O)Nc2nc3c(s2)CN(Cc2ccccc2)CC3)no1. The molecule has 4 heterocycles. The minimum absolute atomic E-state index is 0.200. The van der Waals surface area contributed by atoms with E-state index in [2.05, 4.69) is 44.6 Å². The second-order valence-electron chi connectivity index (χ2n) is 7.86. The van der Waals surface area contributed by atoms with Crippen molar-refractivity contribution in [2.24, 2.45) is 0 Å². The van der Waals surface area contributed by atoms with Gasteiger partial charge in [0.2, 0.25) is 0 Å². The molecule has 1 N–H and O–H groups in total. The Morgan fingerprint density at radius 1 is 1.24 bits per heavy atom. The molecule has 3 aromatic heterocycles. The topological polar surface area (TPSA) is 84.2 Å². The molecule has 1 aliphatic heterocycles. The van der Waals surface area contributed by atoms with Crippen molar-refractivity contribution in [2.75, 3.05) is 11.9 Å². The highest BCUT2D eigenvalue weighted by atomic mass is 32.2. The number of nitrogens with one attached hydrogen (secondary N) is 1. The van der Waals surface area contributed by atoms with Gasteiger partial charge in [0.15, 0.2) is 5.13 Å². The highest BCUT2D eigenvalue weighted by molar-refractivity contribution is 7.98. The number of benzene rings is 1. The van der Waals surface area contributed by atoms with E-state index in [1.807, 2.05) is 19.1 Å². The highest BCUT2D eigenvalue weighted by Crippen LogP contribution is 2.30. The van der Waals surface area contributed by atoms with Crippen LogP contribution in [0.5, 0.6) is 0 Å². The average molecular weight is 478 g/mol. The average Bonchev–Trinajstić information content (AvgIpc) is 3.43. The first-order chi connectivity index (χ1) is 16.1. The van der Waals surface area contributed by atoms with Crippen LogP contribution in [0.4, 0.5) is 5.13 Å². The third kappa shape index (κ3) is 5.32. The summed E-state index contributed by atoms with van der Waals surface area (Å²) in [6.45, 7) is 4.59. The number of fused-ring (bicyclic) bond motifs is 1. The molecule has 0 fully saturated rings. The lowest BCUT2D eigenvalue weighted by Gasteiger charge is -2.25. The normalized spacial score (nSPS) is 13.6. The van der Waals surface area contributed by atoms with Crippen molar-refractivity contribution >= 4 is 34.1 Å². The number of rotatable bonds is 7. The van der Waals surface area contributed by atoms with Gasteiger partial charge in [0.05, 0.1) is 17.0 Å². The lowest BCUT2D eigenvalue weighted by molar-refractivity contribution is 0.102. The van der Waals surface area contributed by atoms with E-state index in [4.69, 9.17) is 9.51 Å². The summed E-state index contributed by atoms with van der Waals surface area (Å²) in [4.78, 5) is 25.8. The summed E-state index contributed by atoms with van der Waals surface area (Å²) in [6.07, 6.45) is 2.58. The van der Waals surface area contributed by atoms with Crippen LogP contribution in [0.2, 0.25) is 0 Å². The van der Waals surface area contributed by atoms with Crippen LogP contribution in [0.25, 0.3) is 0 Å². The molecule has 7 nitrogen and oxygen atoms in total. The Bertz CT molecular complexity index is 1250. The van der Waals surface area contributed by atoms with Gasteiger partial charge in [-0.05, 0) is 24.6 Å². The standard InChI is InChI=1S/C24H23N5O2S2/c1-16-12-18(28-31-16)15-32-23-19(8-5-10-25-23)22(30)27-24-26-20-9-11-29(14-21(20)33-24)13-17-6-3-2-4-7-17/h2-8,10,12H,9,11,13-15H2,1H3,(H,26,27,30). The molecule has 9 heteroatoms. The Labute approximate surface area is 200 Å². The number of thioether (sulfide) groups is 1. The monoisotopic (exact) mass is 477 g/mol. The number of carbonyl (C=O) groups is 1. The third-order valence-electron chi connectivity index (χ3n) is 5.33. The van der Waals surface area contributed by atoms with Crippen LogP contribution < -0.4 is 5.32 Å². The van der Waals surface area contributed by atoms with Gasteiger partial charge in [-0.3, -0.25) is 15.0 Å². The molecule has 33 heavy (non-hydrogen) atoms. The van der Waals surface area contributed by atoms with E-state index >= 15 is 0 Å². The van der Waals surface area contributed by atoms with E-state index in [-0.39, 0.29) is 5.91 Å². The Morgan fingerprint density at radius 3 is 2.94 bits per heavy atom. The zero-order chi connectivity index (χ0) is 22.6.